The second kappa shape index (κ2) is 5.70. The van der Waals surface area contributed by atoms with Gasteiger partial charge in [0.15, 0.2) is 5.06 Å². The highest BCUT2D eigenvalue weighted by Crippen LogP contribution is 2.09. The largest absolute Gasteiger partial charge is 0.499 e. The number of aromatic hydroxyl groups is 1. The minimum atomic E-state index is 0. The van der Waals surface area contributed by atoms with Gasteiger partial charge in [0, 0.05) is 0 Å². The molecular weight excluding hydrogens is 160 g/mol. The van der Waals surface area contributed by atoms with Crippen molar-refractivity contribution in [1.29, 1.82) is 0 Å². The molecule has 3 heteroatoms. The zero-order valence-electron chi connectivity index (χ0n) is 5.90. The lowest BCUT2D eigenvalue weighted by Crippen LogP contribution is -1.45. The van der Waals surface area contributed by atoms with Crippen molar-refractivity contribution in [3.63, 3.8) is 0 Å². The fraction of sp³-hybridized carbons (Fsp3) is 0. The molecular formula is C8H10O2S. The van der Waals surface area contributed by atoms with Gasteiger partial charge in [-0.25, -0.2) is 0 Å². The molecule has 0 bridgehead atoms. The molecule has 0 unspecified atom stereocenters. The topological polar surface area (TPSA) is 51.7 Å². The lowest BCUT2D eigenvalue weighted by molar-refractivity contribution is 0.490. The van der Waals surface area contributed by atoms with Gasteiger partial charge in [0.2, 0.25) is 0 Å². The van der Waals surface area contributed by atoms with Crippen LogP contribution in [0.15, 0.2) is 41.8 Å². The molecule has 0 amide bonds. The van der Waals surface area contributed by atoms with E-state index >= 15 is 0 Å². The third kappa shape index (κ3) is 4.36. The standard InChI is InChI=1S/C8H8OS.H2O/c9-8-6-4-2-1-3-5-7-10-8;/h1-7,9H;1H2. The van der Waals surface area contributed by atoms with E-state index in [1.54, 1.807) is 12.1 Å². The first-order valence-corrected chi connectivity index (χ1v) is 3.83. The molecule has 0 aliphatic heterocycles. The maximum atomic E-state index is 9.03. The third-order valence-corrected chi connectivity index (χ3v) is 1.62. The maximum absolute atomic E-state index is 9.03. The summed E-state index contributed by atoms with van der Waals surface area (Å²) < 4.78 is 0. The van der Waals surface area contributed by atoms with Crippen LogP contribution in [-0.2, 0) is 0 Å². The lowest BCUT2D eigenvalue weighted by Gasteiger charge is -1.76. The van der Waals surface area contributed by atoms with Gasteiger partial charge in [-0.1, -0.05) is 30.3 Å². The highest BCUT2D eigenvalue weighted by atomic mass is 32.1. The van der Waals surface area contributed by atoms with Gasteiger partial charge < -0.3 is 10.6 Å². The van der Waals surface area contributed by atoms with Crippen molar-refractivity contribution in [3.05, 3.63) is 41.8 Å². The molecule has 1 heterocycles. The van der Waals surface area contributed by atoms with E-state index in [4.69, 9.17) is 5.11 Å². The fourth-order valence-corrected chi connectivity index (χ4v) is 0.990. The summed E-state index contributed by atoms with van der Waals surface area (Å²) in [6, 6.07) is 11.0. The predicted octanol–water partition coefficient (Wildman–Crippen LogP) is 1.75. The van der Waals surface area contributed by atoms with Crippen LogP contribution in [0.2, 0.25) is 0 Å². The van der Waals surface area contributed by atoms with E-state index in [0.29, 0.717) is 5.06 Å². The normalized spacial score (nSPS) is 7.64. The third-order valence-electron chi connectivity index (χ3n) is 0.951. The minimum Gasteiger partial charge on any atom is -0.499 e. The SMILES string of the molecule is O.Oc1cccccccs1. The van der Waals surface area contributed by atoms with Crippen LogP contribution in [0, 0.1) is 0 Å². The van der Waals surface area contributed by atoms with Crippen molar-refractivity contribution in [2.75, 3.05) is 0 Å². The highest BCUT2D eigenvalue weighted by Gasteiger charge is 1.73. The van der Waals surface area contributed by atoms with E-state index in [0.717, 1.165) is 0 Å². The molecule has 3 N–H and O–H groups in total. The summed E-state index contributed by atoms with van der Waals surface area (Å²) in [6.45, 7) is 0. The molecule has 0 aliphatic rings. The predicted molar refractivity (Wildman–Crippen MR) is 47.2 cm³/mol. The second-order valence-electron chi connectivity index (χ2n) is 1.72. The summed E-state index contributed by atoms with van der Waals surface area (Å²) in [4.78, 5) is 0. The summed E-state index contributed by atoms with van der Waals surface area (Å²) >= 11 is 1.30. The van der Waals surface area contributed by atoms with Crippen LogP contribution < -0.4 is 0 Å². The van der Waals surface area contributed by atoms with Crippen molar-refractivity contribution >= 4 is 11.3 Å². The minimum absolute atomic E-state index is 0. The Morgan fingerprint density at radius 3 is 2.45 bits per heavy atom. The molecule has 0 aliphatic carbocycles. The lowest BCUT2D eigenvalue weighted by atomic mass is 10.5. The highest BCUT2D eigenvalue weighted by molar-refractivity contribution is 7.11. The molecule has 0 aromatic carbocycles. The average Bonchev–Trinajstić information content (AvgIpc) is 2.02. The van der Waals surface area contributed by atoms with Gasteiger partial charge in [-0.15, -0.1) is 11.3 Å². The Bertz CT molecular complexity index is 220. The van der Waals surface area contributed by atoms with Crippen LogP contribution in [0.5, 0.6) is 5.06 Å². The number of hydrogen-bond donors (Lipinski definition) is 1. The molecule has 60 valence electrons. The summed E-state index contributed by atoms with van der Waals surface area (Å²) in [7, 11) is 0. The summed E-state index contributed by atoms with van der Waals surface area (Å²) in [5.41, 5.74) is 0. The summed E-state index contributed by atoms with van der Waals surface area (Å²) in [6.07, 6.45) is 0. The van der Waals surface area contributed by atoms with E-state index in [1.807, 2.05) is 29.6 Å². The summed E-state index contributed by atoms with van der Waals surface area (Å²) in [5.74, 6) is 0. The van der Waals surface area contributed by atoms with Gasteiger partial charge >= 0.3 is 0 Å². The Morgan fingerprint density at radius 1 is 1.00 bits per heavy atom. The molecule has 0 saturated heterocycles. The van der Waals surface area contributed by atoms with Gasteiger partial charge in [-0.2, -0.15) is 0 Å². The Morgan fingerprint density at radius 2 is 1.64 bits per heavy atom. The van der Waals surface area contributed by atoms with Gasteiger partial charge in [-0.05, 0) is 11.4 Å². The van der Waals surface area contributed by atoms with Gasteiger partial charge in [-0.3, -0.25) is 0 Å². The monoisotopic (exact) mass is 170 g/mol. The molecule has 1 aromatic rings. The zero-order valence-corrected chi connectivity index (χ0v) is 6.71. The Labute approximate surface area is 69.4 Å². The zero-order chi connectivity index (χ0) is 7.23. The van der Waals surface area contributed by atoms with E-state index in [2.05, 4.69) is 0 Å². The van der Waals surface area contributed by atoms with E-state index in [-0.39, 0.29) is 5.48 Å². The Kier molecular flexibility index (Phi) is 5.15. The van der Waals surface area contributed by atoms with Gasteiger partial charge in [0.05, 0.1) is 0 Å². The quantitative estimate of drug-likeness (QED) is 0.633. The van der Waals surface area contributed by atoms with Crippen molar-refractivity contribution in [3.8, 4) is 5.06 Å². The molecule has 0 radical (unpaired) electrons. The van der Waals surface area contributed by atoms with Crippen molar-refractivity contribution in [2.24, 2.45) is 0 Å². The Hall–Kier alpha value is -1.06. The first kappa shape index (κ1) is 9.94. The average molecular weight is 170 g/mol. The van der Waals surface area contributed by atoms with Crippen LogP contribution in [-0.4, -0.2) is 10.6 Å². The van der Waals surface area contributed by atoms with Crippen LogP contribution >= 0.6 is 11.3 Å². The smallest absolute Gasteiger partial charge is 0.171 e. The molecule has 1 rings (SSSR count). The molecule has 0 spiro atoms. The van der Waals surface area contributed by atoms with Crippen LogP contribution in [0.1, 0.15) is 0 Å². The maximum Gasteiger partial charge on any atom is 0.171 e. The van der Waals surface area contributed by atoms with Crippen LogP contribution in [0.25, 0.3) is 0 Å². The first-order valence-electron chi connectivity index (χ1n) is 2.95. The number of rotatable bonds is 0. The van der Waals surface area contributed by atoms with Crippen molar-refractivity contribution in [1.82, 2.24) is 0 Å². The first-order chi connectivity index (χ1) is 4.89. The van der Waals surface area contributed by atoms with Gasteiger partial charge in [0.25, 0.3) is 0 Å². The number of hydrogen-bond acceptors (Lipinski definition) is 2. The molecule has 0 fully saturated rings. The van der Waals surface area contributed by atoms with E-state index < -0.39 is 0 Å². The molecule has 11 heavy (non-hydrogen) atoms. The second-order valence-corrected chi connectivity index (χ2v) is 2.65. The van der Waals surface area contributed by atoms with Crippen molar-refractivity contribution < 1.29 is 10.6 Å². The molecule has 1 aromatic heterocycles. The van der Waals surface area contributed by atoms with Gasteiger partial charge in [0.1, 0.15) is 0 Å². The van der Waals surface area contributed by atoms with Crippen LogP contribution in [0.3, 0.4) is 0 Å². The van der Waals surface area contributed by atoms with E-state index in [1.165, 1.54) is 11.3 Å². The molecule has 2 nitrogen and oxygen atoms in total. The Balaban J connectivity index is 0.000001000. The summed E-state index contributed by atoms with van der Waals surface area (Å²) in [5, 5.41) is 11.2. The fourth-order valence-electron chi connectivity index (χ4n) is 0.524. The van der Waals surface area contributed by atoms with Crippen molar-refractivity contribution in [2.45, 2.75) is 0 Å². The molecule has 0 saturated carbocycles. The van der Waals surface area contributed by atoms with Crippen LogP contribution in [0.4, 0.5) is 0 Å². The molecule has 0 atom stereocenters. The van der Waals surface area contributed by atoms with E-state index in [9.17, 15) is 0 Å².